The van der Waals surface area contributed by atoms with Crippen LogP contribution in [0.5, 0.6) is 0 Å². The third-order valence-corrected chi connectivity index (χ3v) is 4.40. The van der Waals surface area contributed by atoms with E-state index in [1.54, 1.807) is 6.07 Å². The van der Waals surface area contributed by atoms with Gasteiger partial charge >= 0.3 is 0 Å². The molecule has 1 aliphatic heterocycles. The summed E-state index contributed by atoms with van der Waals surface area (Å²) in [6, 6.07) is 21.3. The standard InChI is InChI=1S/C22H15NO2/c24-14-16-9-10-22-21(13-16)20-8-4-5-17(15-25)19(20)11-12-23(22)18-6-2-1-3-7-18/h1-15H. The number of hydrogen-bond donors (Lipinski definition) is 0. The van der Waals surface area contributed by atoms with Crippen LogP contribution in [0.25, 0.3) is 17.2 Å². The lowest BCUT2D eigenvalue weighted by molar-refractivity contribution is 0.111. The number of carbonyl (C=O) groups is 2. The Morgan fingerprint density at radius 2 is 1.60 bits per heavy atom. The first-order chi connectivity index (χ1) is 12.3. The van der Waals surface area contributed by atoms with Gasteiger partial charge in [-0.3, -0.25) is 9.59 Å². The van der Waals surface area contributed by atoms with Gasteiger partial charge in [0.15, 0.2) is 6.29 Å². The molecule has 0 spiro atoms. The van der Waals surface area contributed by atoms with Crippen molar-refractivity contribution in [1.82, 2.24) is 0 Å². The van der Waals surface area contributed by atoms with Gasteiger partial charge in [0.05, 0.1) is 5.69 Å². The Balaban J connectivity index is 2.03. The van der Waals surface area contributed by atoms with Crippen LogP contribution in [0.3, 0.4) is 0 Å². The van der Waals surface area contributed by atoms with Gasteiger partial charge in [0.2, 0.25) is 0 Å². The molecule has 3 aromatic rings. The molecule has 0 bridgehead atoms. The van der Waals surface area contributed by atoms with E-state index < -0.39 is 0 Å². The van der Waals surface area contributed by atoms with Crippen molar-refractivity contribution in [3.8, 4) is 11.1 Å². The Morgan fingerprint density at radius 1 is 0.760 bits per heavy atom. The first kappa shape index (κ1) is 15.1. The molecule has 0 aliphatic carbocycles. The molecule has 0 aromatic heterocycles. The summed E-state index contributed by atoms with van der Waals surface area (Å²) < 4.78 is 0. The van der Waals surface area contributed by atoms with Gasteiger partial charge in [-0.25, -0.2) is 0 Å². The van der Waals surface area contributed by atoms with E-state index >= 15 is 0 Å². The lowest BCUT2D eigenvalue weighted by Crippen LogP contribution is -2.08. The fraction of sp³-hybridized carbons (Fsp3) is 0. The van der Waals surface area contributed by atoms with Crippen LogP contribution in [0.15, 0.2) is 72.9 Å². The minimum absolute atomic E-state index is 0.608. The lowest BCUT2D eigenvalue weighted by atomic mass is 9.94. The van der Waals surface area contributed by atoms with Crippen LogP contribution in [0.2, 0.25) is 0 Å². The van der Waals surface area contributed by atoms with Crippen molar-refractivity contribution >= 4 is 30.0 Å². The van der Waals surface area contributed by atoms with E-state index in [2.05, 4.69) is 4.90 Å². The molecule has 0 fully saturated rings. The van der Waals surface area contributed by atoms with Crippen molar-refractivity contribution in [2.45, 2.75) is 0 Å². The molecule has 3 nitrogen and oxygen atoms in total. The molecule has 0 saturated carbocycles. The van der Waals surface area contributed by atoms with Crippen LogP contribution >= 0.6 is 0 Å². The normalized spacial score (nSPS) is 12.1. The zero-order valence-electron chi connectivity index (χ0n) is 13.4. The van der Waals surface area contributed by atoms with Crippen molar-refractivity contribution in [2.75, 3.05) is 4.90 Å². The second-order valence-electron chi connectivity index (χ2n) is 5.84. The summed E-state index contributed by atoms with van der Waals surface area (Å²) >= 11 is 0. The second kappa shape index (κ2) is 6.21. The highest BCUT2D eigenvalue weighted by molar-refractivity contribution is 5.97. The Hall–Kier alpha value is -3.46. The fourth-order valence-corrected chi connectivity index (χ4v) is 3.20. The molecule has 25 heavy (non-hydrogen) atoms. The van der Waals surface area contributed by atoms with Crippen LogP contribution in [0, 0.1) is 0 Å². The summed E-state index contributed by atoms with van der Waals surface area (Å²) in [4.78, 5) is 24.8. The summed E-state index contributed by atoms with van der Waals surface area (Å²) in [5.41, 5.74) is 5.95. The molecule has 120 valence electrons. The minimum atomic E-state index is 0.608. The Kier molecular flexibility index (Phi) is 3.75. The SMILES string of the molecule is O=Cc1ccc2c(c1)-c1cccc(C=O)c1C=CN2c1ccccc1. The Labute approximate surface area is 145 Å². The highest BCUT2D eigenvalue weighted by atomic mass is 16.1. The second-order valence-corrected chi connectivity index (χ2v) is 5.84. The molecule has 0 unspecified atom stereocenters. The number of rotatable bonds is 3. The third kappa shape index (κ3) is 2.56. The van der Waals surface area contributed by atoms with E-state index in [-0.39, 0.29) is 0 Å². The number of nitrogens with zero attached hydrogens (tertiary/aromatic N) is 1. The van der Waals surface area contributed by atoms with Crippen molar-refractivity contribution in [1.29, 1.82) is 0 Å². The van der Waals surface area contributed by atoms with Crippen molar-refractivity contribution in [2.24, 2.45) is 0 Å². The Morgan fingerprint density at radius 3 is 2.36 bits per heavy atom. The van der Waals surface area contributed by atoms with Crippen LogP contribution in [0.4, 0.5) is 11.4 Å². The molecule has 0 amide bonds. The number of anilines is 2. The van der Waals surface area contributed by atoms with Gasteiger partial charge < -0.3 is 4.90 Å². The number of para-hydroxylation sites is 1. The smallest absolute Gasteiger partial charge is 0.150 e. The van der Waals surface area contributed by atoms with E-state index in [1.165, 1.54) is 0 Å². The van der Waals surface area contributed by atoms with Gasteiger partial charge in [0.1, 0.15) is 6.29 Å². The van der Waals surface area contributed by atoms with Gasteiger partial charge in [0.25, 0.3) is 0 Å². The lowest BCUT2D eigenvalue weighted by Gasteiger charge is -2.22. The minimum Gasteiger partial charge on any atom is -0.317 e. The van der Waals surface area contributed by atoms with Gasteiger partial charge in [-0.15, -0.1) is 0 Å². The molecular weight excluding hydrogens is 310 g/mol. The molecular formula is C22H15NO2. The van der Waals surface area contributed by atoms with Gasteiger partial charge in [-0.2, -0.15) is 0 Å². The Bertz CT molecular complexity index is 990. The maximum atomic E-state index is 11.5. The molecule has 0 N–H and O–H groups in total. The summed E-state index contributed by atoms with van der Waals surface area (Å²) in [7, 11) is 0. The number of benzene rings is 3. The van der Waals surface area contributed by atoms with Crippen LogP contribution in [-0.4, -0.2) is 12.6 Å². The van der Waals surface area contributed by atoms with Gasteiger partial charge in [-0.1, -0.05) is 36.4 Å². The monoisotopic (exact) mass is 325 g/mol. The fourth-order valence-electron chi connectivity index (χ4n) is 3.20. The van der Waals surface area contributed by atoms with Crippen molar-refractivity contribution in [3.05, 3.63) is 89.6 Å². The zero-order valence-corrected chi connectivity index (χ0v) is 13.4. The molecule has 4 rings (SSSR count). The van der Waals surface area contributed by atoms with Gasteiger partial charge in [0, 0.05) is 28.6 Å². The summed E-state index contributed by atoms with van der Waals surface area (Å²) in [6.07, 6.45) is 5.62. The number of aldehydes is 2. The first-order valence-electron chi connectivity index (χ1n) is 8.02. The molecule has 1 aliphatic rings. The average molecular weight is 325 g/mol. The van der Waals surface area contributed by atoms with Crippen LogP contribution < -0.4 is 4.90 Å². The highest BCUT2D eigenvalue weighted by Crippen LogP contribution is 2.41. The van der Waals surface area contributed by atoms with Crippen molar-refractivity contribution in [3.63, 3.8) is 0 Å². The predicted octanol–water partition coefficient (Wildman–Crippen LogP) is 5.10. The predicted molar refractivity (Wildman–Crippen MR) is 100 cm³/mol. The molecule has 3 aromatic carbocycles. The first-order valence-corrected chi connectivity index (χ1v) is 8.02. The highest BCUT2D eigenvalue weighted by Gasteiger charge is 2.19. The van der Waals surface area contributed by atoms with Gasteiger partial charge in [-0.05, 0) is 47.5 Å². The number of fused-ring (bicyclic) bond motifs is 3. The summed E-state index contributed by atoms with van der Waals surface area (Å²) in [5, 5.41) is 0. The van der Waals surface area contributed by atoms with E-state index in [1.807, 2.05) is 72.9 Å². The van der Waals surface area contributed by atoms with E-state index in [0.717, 1.165) is 40.6 Å². The average Bonchev–Trinajstić information content (AvgIpc) is 2.85. The quantitative estimate of drug-likeness (QED) is 0.629. The molecule has 3 heteroatoms. The summed E-state index contributed by atoms with van der Waals surface area (Å²) in [6.45, 7) is 0. The summed E-state index contributed by atoms with van der Waals surface area (Å²) in [5.74, 6) is 0. The third-order valence-electron chi connectivity index (χ3n) is 4.40. The maximum Gasteiger partial charge on any atom is 0.150 e. The van der Waals surface area contributed by atoms with Crippen molar-refractivity contribution < 1.29 is 9.59 Å². The molecule has 0 atom stereocenters. The van der Waals surface area contributed by atoms with E-state index in [9.17, 15) is 9.59 Å². The largest absolute Gasteiger partial charge is 0.317 e. The van der Waals surface area contributed by atoms with Crippen LogP contribution in [-0.2, 0) is 0 Å². The molecule has 1 heterocycles. The zero-order chi connectivity index (χ0) is 17.2. The number of carbonyl (C=O) groups excluding carboxylic acids is 2. The van der Waals surface area contributed by atoms with E-state index in [0.29, 0.717) is 11.1 Å². The number of hydrogen-bond acceptors (Lipinski definition) is 3. The van der Waals surface area contributed by atoms with E-state index in [4.69, 9.17) is 0 Å². The molecule has 0 saturated heterocycles. The topological polar surface area (TPSA) is 37.4 Å². The molecule has 0 radical (unpaired) electrons. The maximum absolute atomic E-state index is 11.5. The van der Waals surface area contributed by atoms with Crippen LogP contribution in [0.1, 0.15) is 26.3 Å².